The van der Waals surface area contributed by atoms with E-state index in [1.165, 1.54) is 4.57 Å². The van der Waals surface area contributed by atoms with Crippen LogP contribution in [0.15, 0.2) is 83.8 Å². The number of alkyl halides is 6. The molecule has 0 bridgehead atoms. The number of ether oxygens (including phenoxy) is 1. The summed E-state index contributed by atoms with van der Waals surface area (Å²) in [5.74, 6) is -5.19. The molecule has 0 saturated heterocycles. The summed E-state index contributed by atoms with van der Waals surface area (Å²) in [4.78, 5) is 48.6. The van der Waals surface area contributed by atoms with Gasteiger partial charge in [-0.25, -0.2) is 14.6 Å². The molecule has 1 amide bonds. The first kappa shape index (κ1) is 44.6. The highest BCUT2D eigenvalue weighted by atomic mass is 19.4. The molecule has 14 nitrogen and oxygen atoms in total. The highest BCUT2D eigenvalue weighted by Crippen LogP contribution is 2.27. The zero-order valence-corrected chi connectivity index (χ0v) is 29.2. The molecule has 1 aromatic heterocycles. The predicted molar refractivity (Wildman–Crippen MR) is 189 cm³/mol. The standard InChI is InChI=1S/C31H35N7O3.2C2HF3O2/c1-20(2)37-30-31(40)38(19-28(39)35-17-22-8-10-23(11-9-22)29(33)34)27(18-36-30)24-14-25(32)16-26(15-24)41-13-12-21-6-4-3-5-7-21;2*3-2(4,5)1(6)7/h3-11,14-16,18,20H,12-13,17,19,32H2,1-2H3,(H3,33,34)(H,35,39)(H,36,37);2*(H,6,7). The van der Waals surface area contributed by atoms with Crippen LogP contribution in [-0.4, -0.2) is 68.4 Å². The second-order valence-corrected chi connectivity index (χ2v) is 11.6. The minimum atomic E-state index is -5.08. The molecule has 296 valence electrons. The number of amides is 1. The van der Waals surface area contributed by atoms with E-state index in [1.54, 1.807) is 48.7 Å². The van der Waals surface area contributed by atoms with E-state index < -0.39 is 29.9 Å². The normalized spacial score (nSPS) is 10.9. The van der Waals surface area contributed by atoms with Crippen molar-refractivity contribution in [3.63, 3.8) is 0 Å². The third kappa shape index (κ3) is 15.5. The lowest BCUT2D eigenvalue weighted by Crippen LogP contribution is -2.35. The van der Waals surface area contributed by atoms with Gasteiger partial charge in [0, 0.05) is 41.9 Å². The maximum absolute atomic E-state index is 13.5. The van der Waals surface area contributed by atoms with E-state index in [-0.39, 0.29) is 36.7 Å². The fourth-order valence-corrected chi connectivity index (χ4v) is 4.23. The van der Waals surface area contributed by atoms with Gasteiger partial charge in [-0.15, -0.1) is 0 Å². The molecule has 0 fully saturated rings. The molecule has 0 spiro atoms. The summed E-state index contributed by atoms with van der Waals surface area (Å²) in [5, 5.41) is 27.7. The summed E-state index contributed by atoms with van der Waals surface area (Å²) in [5.41, 5.74) is 15.4. The summed E-state index contributed by atoms with van der Waals surface area (Å²) in [7, 11) is 0. The highest BCUT2D eigenvalue weighted by Gasteiger charge is 2.38. The van der Waals surface area contributed by atoms with Gasteiger partial charge < -0.3 is 37.1 Å². The number of nitrogens with one attached hydrogen (secondary N) is 3. The average Bonchev–Trinajstić information content (AvgIpc) is 3.09. The van der Waals surface area contributed by atoms with Crippen molar-refractivity contribution in [1.82, 2.24) is 14.9 Å². The molecule has 0 atom stereocenters. The van der Waals surface area contributed by atoms with Crippen LogP contribution in [0.25, 0.3) is 11.3 Å². The molecule has 1 heterocycles. The third-order valence-electron chi connectivity index (χ3n) is 6.75. The maximum atomic E-state index is 13.5. The Morgan fingerprint density at radius 2 is 1.47 bits per heavy atom. The molecule has 0 aliphatic carbocycles. The Labute approximate surface area is 309 Å². The number of hydrogen-bond donors (Lipinski definition) is 7. The number of hydrogen-bond acceptors (Lipinski definition) is 9. The number of aromatic nitrogens is 2. The van der Waals surface area contributed by atoms with Gasteiger partial charge in [-0.2, -0.15) is 26.3 Å². The fourth-order valence-electron chi connectivity index (χ4n) is 4.23. The van der Waals surface area contributed by atoms with E-state index in [0.29, 0.717) is 34.9 Å². The Hall–Kier alpha value is -6.60. The zero-order chi connectivity index (χ0) is 41.5. The van der Waals surface area contributed by atoms with E-state index in [4.69, 9.17) is 41.4 Å². The number of benzene rings is 3. The average molecular weight is 782 g/mol. The second-order valence-electron chi connectivity index (χ2n) is 11.6. The number of carboxylic acid groups (broad SMARTS) is 2. The van der Waals surface area contributed by atoms with Crippen LogP contribution in [0.2, 0.25) is 0 Å². The number of amidine groups is 1. The van der Waals surface area contributed by atoms with Crippen LogP contribution in [0.5, 0.6) is 5.75 Å². The van der Waals surface area contributed by atoms with E-state index in [2.05, 4.69) is 15.6 Å². The molecule has 4 rings (SSSR count). The molecule has 0 aliphatic rings. The highest BCUT2D eigenvalue weighted by molar-refractivity contribution is 5.94. The summed E-state index contributed by atoms with van der Waals surface area (Å²) >= 11 is 0. The first-order chi connectivity index (χ1) is 25.6. The quantitative estimate of drug-likeness (QED) is 0.0446. The maximum Gasteiger partial charge on any atom is 0.490 e. The lowest BCUT2D eigenvalue weighted by atomic mass is 10.1. The van der Waals surface area contributed by atoms with Gasteiger partial charge in [-0.05, 0) is 37.1 Å². The third-order valence-corrected chi connectivity index (χ3v) is 6.75. The van der Waals surface area contributed by atoms with Crippen LogP contribution >= 0.6 is 0 Å². The van der Waals surface area contributed by atoms with Crippen LogP contribution < -0.4 is 32.4 Å². The largest absolute Gasteiger partial charge is 0.493 e. The molecular weight excluding hydrogens is 744 g/mol. The SMILES string of the molecule is CC(C)Nc1ncc(-c2cc(N)cc(OCCc3ccccc3)c2)n(CC(=O)NCc2ccc(C(=N)N)cc2)c1=O.O=C(O)C(F)(F)F.O=C(O)C(F)(F)F. The van der Waals surface area contributed by atoms with Crippen molar-refractivity contribution in [2.75, 3.05) is 17.7 Å². The number of carboxylic acids is 2. The number of nitrogens with zero attached hydrogens (tertiary/aromatic N) is 2. The van der Waals surface area contributed by atoms with Crippen molar-refractivity contribution in [2.24, 2.45) is 5.73 Å². The van der Waals surface area contributed by atoms with Crippen molar-refractivity contribution in [2.45, 2.75) is 51.8 Å². The number of carbonyl (C=O) groups is 3. The smallest absolute Gasteiger partial charge is 0.490 e. The lowest BCUT2D eigenvalue weighted by Gasteiger charge is -2.17. The number of nitrogens with two attached hydrogens (primary N) is 2. The first-order valence-electron chi connectivity index (χ1n) is 15.8. The van der Waals surface area contributed by atoms with Gasteiger partial charge >= 0.3 is 24.3 Å². The number of anilines is 2. The minimum absolute atomic E-state index is 0.0257. The van der Waals surface area contributed by atoms with E-state index in [9.17, 15) is 35.9 Å². The van der Waals surface area contributed by atoms with Gasteiger partial charge in [0.15, 0.2) is 5.82 Å². The van der Waals surface area contributed by atoms with Crippen molar-refractivity contribution in [3.05, 3.63) is 106 Å². The van der Waals surface area contributed by atoms with Gasteiger partial charge in [0.1, 0.15) is 18.1 Å². The lowest BCUT2D eigenvalue weighted by molar-refractivity contribution is -0.193. The Morgan fingerprint density at radius 1 is 0.909 bits per heavy atom. The Balaban J connectivity index is 0.000000633. The molecule has 9 N–H and O–H groups in total. The van der Waals surface area contributed by atoms with Crippen LogP contribution in [0, 0.1) is 5.41 Å². The monoisotopic (exact) mass is 781 g/mol. The Morgan fingerprint density at radius 3 is 1.98 bits per heavy atom. The molecule has 0 unspecified atom stereocenters. The summed E-state index contributed by atoms with van der Waals surface area (Å²) in [6, 6.07) is 22.2. The molecule has 20 heteroatoms. The van der Waals surface area contributed by atoms with Crippen LogP contribution in [0.1, 0.15) is 30.5 Å². The molecule has 3 aromatic carbocycles. The summed E-state index contributed by atoms with van der Waals surface area (Å²) in [6.07, 6.45) is -7.88. The number of carbonyl (C=O) groups excluding carboxylic acids is 1. The van der Waals surface area contributed by atoms with Crippen molar-refractivity contribution in [3.8, 4) is 17.0 Å². The zero-order valence-electron chi connectivity index (χ0n) is 29.2. The predicted octanol–water partition coefficient (Wildman–Crippen LogP) is 4.80. The molecule has 0 saturated carbocycles. The molecule has 55 heavy (non-hydrogen) atoms. The molecular formula is C35H37F6N7O7. The van der Waals surface area contributed by atoms with Crippen LogP contribution in [0.4, 0.5) is 37.8 Å². The van der Waals surface area contributed by atoms with Crippen molar-refractivity contribution in [1.29, 1.82) is 5.41 Å². The number of aliphatic carboxylic acids is 2. The topological polar surface area (TPSA) is 236 Å². The molecule has 4 aromatic rings. The first-order valence-corrected chi connectivity index (χ1v) is 15.8. The number of halogens is 6. The van der Waals surface area contributed by atoms with Gasteiger partial charge in [0.25, 0.3) is 5.56 Å². The Kier molecular flexibility index (Phi) is 16.2. The molecule has 0 aliphatic heterocycles. The van der Waals surface area contributed by atoms with Gasteiger partial charge in [0.2, 0.25) is 5.91 Å². The van der Waals surface area contributed by atoms with Crippen LogP contribution in [0.3, 0.4) is 0 Å². The Bertz CT molecular complexity index is 1960. The fraction of sp³-hybridized carbons (Fsp3) is 0.257. The second kappa shape index (κ2) is 20.0. The van der Waals surface area contributed by atoms with E-state index in [0.717, 1.165) is 17.5 Å². The van der Waals surface area contributed by atoms with Gasteiger partial charge in [0.05, 0.1) is 18.5 Å². The molecule has 0 radical (unpaired) electrons. The van der Waals surface area contributed by atoms with Gasteiger partial charge in [-0.3, -0.25) is 19.6 Å². The minimum Gasteiger partial charge on any atom is -0.493 e. The summed E-state index contributed by atoms with van der Waals surface area (Å²) < 4.78 is 70.8. The summed E-state index contributed by atoms with van der Waals surface area (Å²) in [6.45, 7) is 4.28. The van der Waals surface area contributed by atoms with Crippen LogP contribution in [-0.2, 0) is 33.9 Å². The number of rotatable bonds is 12. The van der Waals surface area contributed by atoms with Crippen molar-refractivity contribution >= 4 is 35.2 Å². The van der Waals surface area contributed by atoms with E-state index in [1.807, 2.05) is 44.2 Å². The number of nitrogen functional groups attached to an aromatic ring is 2. The van der Waals surface area contributed by atoms with Gasteiger partial charge in [-0.1, -0.05) is 54.6 Å². The van der Waals surface area contributed by atoms with Crippen molar-refractivity contribution < 1.29 is 55.7 Å². The van der Waals surface area contributed by atoms with E-state index >= 15 is 0 Å².